The predicted molar refractivity (Wildman–Crippen MR) is 65.2 cm³/mol. The topological polar surface area (TPSA) is 15.6 Å². The highest BCUT2D eigenvalue weighted by molar-refractivity contribution is 5.97. The molecule has 0 aliphatic carbocycles. The number of hydrogen-bond acceptors (Lipinski definition) is 2. The summed E-state index contributed by atoms with van der Waals surface area (Å²) in [6.45, 7) is 4.23. The van der Waals surface area contributed by atoms with Gasteiger partial charge in [0.1, 0.15) is 0 Å². The highest BCUT2D eigenvalue weighted by atomic mass is 15.5. The van der Waals surface area contributed by atoms with Crippen molar-refractivity contribution in [3.05, 3.63) is 42.5 Å². The Morgan fingerprint density at radius 2 is 2.07 bits per heavy atom. The number of allylic oxidation sites excluding steroid dienone is 2. The van der Waals surface area contributed by atoms with E-state index in [0.717, 1.165) is 12.1 Å². The number of rotatable bonds is 2. The Kier molecular flexibility index (Phi) is 2.86. The van der Waals surface area contributed by atoms with Gasteiger partial charge in [0, 0.05) is 6.42 Å². The molecule has 0 amide bonds. The van der Waals surface area contributed by atoms with E-state index in [1.165, 1.54) is 5.69 Å². The van der Waals surface area contributed by atoms with Crippen LogP contribution in [0.3, 0.4) is 0 Å². The number of hydrogen-bond donors (Lipinski definition) is 0. The van der Waals surface area contributed by atoms with E-state index < -0.39 is 0 Å². The van der Waals surface area contributed by atoms with E-state index in [1.807, 2.05) is 31.2 Å². The van der Waals surface area contributed by atoms with Crippen molar-refractivity contribution in [2.75, 3.05) is 5.01 Å². The molecule has 0 aromatic heterocycles. The van der Waals surface area contributed by atoms with Crippen LogP contribution in [0.2, 0.25) is 0 Å². The number of hydrazone groups is 1. The molecule has 1 aliphatic heterocycles. The second-order valence-corrected chi connectivity index (χ2v) is 3.82. The third kappa shape index (κ3) is 2.09. The quantitative estimate of drug-likeness (QED) is 0.715. The zero-order valence-corrected chi connectivity index (χ0v) is 9.22. The fourth-order valence-electron chi connectivity index (χ4n) is 1.85. The van der Waals surface area contributed by atoms with E-state index in [4.69, 9.17) is 0 Å². The van der Waals surface area contributed by atoms with E-state index in [2.05, 4.69) is 35.2 Å². The second kappa shape index (κ2) is 4.30. The molecule has 0 bridgehead atoms. The molecule has 0 spiro atoms. The minimum absolute atomic E-state index is 0.457. The normalized spacial score (nSPS) is 21.1. The zero-order chi connectivity index (χ0) is 10.7. The minimum atomic E-state index is 0.457. The van der Waals surface area contributed by atoms with Crippen molar-refractivity contribution in [2.24, 2.45) is 5.10 Å². The minimum Gasteiger partial charge on any atom is -0.262 e. The molecule has 0 saturated heterocycles. The first-order valence-electron chi connectivity index (χ1n) is 5.35. The molecule has 2 nitrogen and oxygen atoms in total. The molecule has 0 radical (unpaired) electrons. The van der Waals surface area contributed by atoms with Crippen LogP contribution in [-0.4, -0.2) is 11.8 Å². The average molecular weight is 200 g/mol. The molecule has 15 heavy (non-hydrogen) atoms. The fourth-order valence-corrected chi connectivity index (χ4v) is 1.85. The van der Waals surface area contributed by atoms with Gasteiger partial charge in [0.15, 0.2) is 0 Å². The summed E-state index contributed by atoms with van der Waals surface area (Å²) in [5, 5.41) is 6.68. The molecule has 78 valence electrons. The molecule has 1 atom stereocenters. The summed E-state index contributed by atoms with van der Waals surface area (Å²) in [5.74, 6) is 0. The molecular formula is C13H16N2. The summed E-state index contributed by atoms with van der Waals surface area (Å²) in [5.41, 5.74) is 2.33. The van der Waals surface area contributed by atoms with Crippen LogP contribution in [0.15, 0.2) is 47.6 Å². The van der Waals surface area contributed by atoms with Crippen molar-refractivity contribution in [2.45, 2.75) is 26.3 Å². The van der Waals surface area contributed by atoms with Crippen LogP contribution in [0.5, 0.6) is 0 Å². The van der Waals surface area contributed by atoms with Crippen LogP contribution < -0.4 is 5.01 Å². The largest absolute Gasteiger partial charge is 0.262 e. The monoisotopic (exact) mass is 200 g/mol. The van der Waals surface area contributed by atoms with Crippen molar-refractivity contribution in [3.63, 3.8) is 0 Å². The summed E-state index contributed by atoms with van der Waals surface area (Å²) in [6, 6.07) is 10.8. The third-order valence-corrected chi connectivity index (χ3v) is 2.54. The lowest BCUT2D eigenvalue weighted by molar-refractivity contribution is 0.724. The van der Waals surface area contributed by atoms with Gasteiger partial charge in [-0.2, -0.15) is 5.10 Å². The summed E-state index contributed by atoms with van der Waals surface area (Å²) < 4.78 is 0. The molecule has 2 rings (SSSR count). The maximum atomic E-state index is 4.59. The zero-order valence-electron chi connectivity index (χ0n) is 9.22. The van der Waals surface area contributed by atoms with Crippen molar-refractivity contribution in [1.82, 2.24) is 0 Å². The standard InChI is InChI=1S/C13H16N2/c1-3-7-12-10-11(2)15(14-12)13-8-5-4-6-9-13/h3-9,11H,10H2,1-2H3/b7-3+. The Bertz CT molecular complexity index is 379. The van der Waals surface area contributed by atoms with Crippen LogP contribution in [0.4, 0.5) is 5.69 Å². The third-order valence-electron chi connectivity index (χ3n) is 2.54. The van der Waals surface area contributed by atoms with E-state index in [0.29, 0.717) is 6.04 Å². The molecule has 1 unspecified atom stereocenters. The van der Waals surface area contributed by atoms with Crippen LogP contribution >= 0.6 is 0 Å². The van der Waals surface area contributed by atoms with Gasteiger partial charge >= 0.3 is 0 Å². The maximum absolute atomic E-state index is 4.59. The highest BCUT2D eigenvalue weighted by Crippen LogP contribution is 2.23. The molecule has 1 aromatic rings. The summed E-state index contributed by atoms with van der Waals surface area (Å²) in [4.78, 5) is 0. The Balaban J connectivity index is 2.24. The van der Waals surface area contributed by atoms with Crippen molar-refractivity contribution < 1.29 is 0 Å². The lowest BCUT2D eigenvalue weighted by Gasteiger charge is -2.19. The molecule has 2 heteroatoms. The van der Waals surface area contributed by atoms with Gasteiger partial charge in [0.25, 0.3) is 0 Å². The maximum Gasteiger partial charge on any atom is 0.0627 e. The Hall–Kier alpha value is -1.57. The van der Waals surface area contributed by atoms with Crippen LogP contribution in [0, 0.1) is 0 Å². The predicted octanol–water partition coefficient (Wildman–Crippen LogP) is 3.22. The van der Waals surface area contributed by atoms with Gasteiger partial charge in [-0.1, -0.05) is 24.3 Å². The summed E-state index contributed by atoms with van der Waals surface area (Å²) in [6.07, 6.45) is 5.15. The first-order valence-corrected chi connectivity index (χ1v) is 5.35. The second-order valence-electron chi connectivity index (χ2n) is 3.82. The molecule has 1 aliphatic rings. The number of para-hydroxylation sites is 1. The fraction of sp³-hybridized carbons (Fsp3) is 0.308. The average Bonchev–Trinajstić information content (AvgIpc) is 2.61. The van der Waals surface area contributed by atoms with Crippen LogP contribution in [0.25, 0.3) is 0 Å². The van der Waals surface area contributed by atoms with Gasteiger partial charge in [0.2, 0.25) is 0 Å². The van der Waals surface area contributed by atoms with E-state index in [1.54, 1.807) is 0 Å². The molecule has 1 aromatic carbocycles. The SMILES string of the molecule is C/C=C/C1=NN(c2ccccc2)C(C)C1. The Morgan fingerprint density at radius 3 is 2.73 bits per heavy atom. The van der Waals surface area contributed by atoms with Crippen molar-refractivity contribution in [1.29, 1.82) is 0 Å². The highest BCUT2D eigenvalue weighted by Gasteiger charge is 2.21. The lowest BCUT2D eigenvalue weighted by atomic mass is 10.1. The van der Waals surface area contributed by atoms with Crippen LogP contribution in [-0.2, 0) is 0 Å². The van der Waals surface area contributed by atoms with Crippen LogP contribution in [0.1, 0.15) is 20.3 Å². The molecule has 0 saturated carbocycles. The molecule has 0 N–H and O–H groups in total. The molecular weight excluding hydrogens is 184 g/mol. The van der Waals surface area contributed by atoms with Gasteiger partial charge in [0.05, 0.1) is 17.4 Å². The molecule has 0 fully saturated rings. The summed E-state index contributed by atoms with van der Waals surface area (Å²) in [7, 11) is 0. The van der Waals surface area contributed by atoms with Crippen molar-refractivity contribution in [3.8, 4) is 0 Å². The summed E-state index contributed by atoms with van der Waals surface area (Å²) >= 11 is 0. The van der Waals surface area contributed by atoms with Crippen molar-refractivity contribution >= 4 is 11.4 Å². The van der Waals surface area contributed by atoms with E-state index >= 15 is 0 Å². The first kappa shape index (κ1) is 9.97. The smallest absolute Gasteiger partial charge is 0.0627 e. The van der Waals surface area contributed by atoms with Gasteiger partial charge in [-0.15, -0.1) is 0 Å². The van der Waals surface area contributed by atoms with E-state index in [9.17, 15) is 0 Å². The first-order chi connectivity index (χ1) is 7.31. The van der Waals surface area contributed by atoms with Gasteiger partial charge < -0.3 is 0 Å². The Labute approximate surface area is 90.9 Å². The Morgan fingerprint density at radius 1 is 1.33 bits per heavy atom. The van der Waals surface area contributed by atoms with Gasteiger partial charge in [-0.05, 0) is 32.1 Å². The van der Waals surface area contributed by atoms with Gasteiger partial charge in [-0.3, -0.25) is 5.01 Å². The van der Waals surface area contributed by atoms with Gasteiger partial charge in [-0.25, -0.2) is 0 Å². The van der Waals surface area contributed by atoms with E-state index in [-0.39, 0.29) is 0 Å². The molecule has 1 heterocycles. The number of benzene rings is 1. The number of anilines is 1. The number of nitrogens with zero attached hydrogens (tertiary/aromatic N) is 2. The lowest BCUT2D eigenvalue weighted by Crippen LogP contribution is -2.22.